The van der Waals surface area contributed by atoms with Gasteiger partial charge in [0.25, 0.3) is 5.91 Å². The van der Waals surface area contributed by atoms with Crippen LogP contribution < -0.4 is 15.4 Å². The molecule has 0 aliphatic heterocycles. The summed E-state index contributed by atoms with van der Waals surface area (Å²) in [6, 6.07) is 12.1. The average Bonchev–Trinajstić information content (AvgIpc) is 2.70. The molecule has 0 saturated heterocycles. The number of hydrogen-bond acceptors (Lipinski definition) is 5. The lowest BCUT2D eigenvalue weighted by atomic mass is 10.1. The van der Waals surface area contributed by atoms with Crippen molar-refractivity contribution in [2.45, 2.75) is 19.8 Å². The molecule has 2 N–H and O–H groups in total. The number of halogens is 1. The van der Waals surface area contributed by atoms with Crippen LogP contribution in [-0.4, -0.2) is 37.7 Å². The van der Waals surface area contributed by atoms with E-state index in [-0.39, 0.29) is 49.5 Å². The number of carbonyl (C=O) groups excluding carboxylic acids is 3. The SMILES string of the molecule is CCOC(=O)Oc1ccc(C(=O)NCCNC(=O)CCc2cccc(F)c2)cc1. The van der Waals surface area contributed by atoms with Crippen molar-refractivity contribution in [1.29, 1.82) is 0 Å². The molecule has 0 aromatic heterocycles. The molecule has 2 aromatic carbocycles. The van der Waals surface area contributed by atoms with Crippen LogP contribution >= 0.6 is 0 Å². The van der Waals surface area contributed by atoms with Crippen LogP contribution in [0.3, 0.4) is 0 Å². The molecule has 0 atom stereocenters. The van der Waals surface area contributed by atoms with Gasteiger partial charge in [0.15, 0.2) is 0 Å². The van der Waals surface area contributed by atoms with Gasteiger partial charge in [-0.25, -0.2) is 9.18 Å². The summed E-state index contributed by atoms with van der Waals surface area (Å²) >= 11 is 0. The lowest BCUT2D eigenvalue weighted by molar-refractivity contribution is -0.121. The van der Waals surface area contributed by atoms with Gasteiger partial charge in [-0.15, -0.1) is 0 Å². The Balaban J connectivity index is 1.66. The van der Waals surface area contributed by atoms with Crippen LogP contribution in [0.25, 0.3) is 0 Å². The van der Waals surface area contributed by atoms with E-state index < -0.39 is 6.16 Å². The van der Waals surface area contributed by atoms with Crippen LogP contribution in [0.1, 0.15) is 29.3 Å². The van der Waals surface area contributed by atoms with E-state index in [0.717, 1.165) is 5.56 Å². The highest BCUT2D eigenvalue weighted by Gasteiger charge is 2.08. The minimum absolute atomic E-state index is 0.177. The van der Waals surface area contributed by atoms with Gasteiger partial charge < -0.3 is 20.1 Å². The fourth-order valence-corrected chi connectivity index (χ4v) is 2.44. The van der Waals surface area contributed by atoms with E-state index in [1.54, 1.807) is 19.1 Å². The zero-order chi connectivity index (χ0) is 21.1. The Hall–Kier alpha value is -3.42. The Morgan fingerprint density at radius 1 is 1.00 bits per heavy atom. The van der Waals surface area contributed by atoms with Crippen molar-refractivity contribution in [3.8, 4) is 5.75 Å². The maximum absolute atomic E-state index is 13.1. The highest BCUT2D eigenvalue weighted by molar-refractivity contribution is 5.94. The second kappa shape index (κ2) is 11.4. The van der Waals surface area contributed by atoms with Gasteiger partial charge >= 0.3 is 6.16 Å². The van der Waals surface area contributed by atoms with Gasteiger partial charge in [-0.3, -0.25) is 9.59 Å². The lowest BCUT2D eigenvalue weighted by Gasteiger charge is -2.08. The summed E-state index contributed by atoms with van der Waals surface area (Å²) in [6.07, 6.45) is -0.131. The average molecular weight is 402 g/mol. The molecule has 7 nitrogen and oxygen atoms in total. The first-order chi connectivity index (χ1) is 14.0. The van der Waals surface area contributed by atoms with Crippen molar-refractivity contribution in [2.75, 3.05) is 19.7 Å². The van der Waals surface area contributed by atoms with Crippen molar-refractivity contribution in [3.63, 3.8) is 0 Å². The number of benzene rings is 2. The second-order valence-electron chi connectivity index (χ2n) is 6.05. The minimum Gasteiger partial charge on any atom is -0.434 e. The molecule has 0 fully saturated rings. The number of hydrogen-bond donors (Lipinski definition) is 2. The lowest BCUT2D eigenvalue weighted by Crippen LogP contribution is -2.34. The van der Waals surface area contributed by atoms with Crippen LogP contribution in [0.2, 0.25) is 0 Å². The normalized spacial score (nSPS) is 10.1. The summed E-state index contributed by atoms with van der Waals surface area (Å²) < 4.78 is 22.7. The van der Waals surface area contributed by atoms with Crippen LogP contribution in [0, 0.1) is 5.82 Å². The molecule has 0 heterocycles. The Bertz CT molecular complexity index is 839. The molecule has 0 saturated carbocycles. The van der Waals surface area contributed by atoms with E-state index in [4.69, 9.17) is 4.74 Å². The largest absolute Gasteiger partial charge is 0.513 e. The number of nitrogens with one attached hydrogen (secondary N) is 2. The molecule has 2 amide bonds. The maximum Gasteiger partial charge on any atom is 0.513 e. The summed E-state index contributed by atoms with van der Waals surface area (Å²) in [5, 5.41) is 5.38. The number of carbonyl (C=O) groups is 3. The predicted molar refractivity (Wildman–Crippen MR) is 104 cm³/mol. The molecule has 29 heavy (non-hydrogen) atoms. The fraction of sp³-hybridized carbons (Fsp3) is 0.286. The third kappa shape index (κ3) is 8.00. The quantitative estimate of drug-likeness (QED) is 0.382. The topological polar surface area (TPSA) is 93.7 Å². The van der Waals surface area contributed by atoms with E-state index in [1.165, 1.54) is 36.4 Å². The van der Waals surface area contributed by atoms with Gasteiger partial charge in [-0.1, -0.05) is 12.1 Å². The first kappa shape index (κ1) is 21.9. The summed E-state index contributed by atoms with van der Waals surface area (Å²) in [4.78, 5) is 35.1. The van der Waals surface area contributed by atoms with Gasteiger partial charge in [-0.05, 0) is 55.3 Å². The van der Waals surface area contributed by atoms with Crippen molar-refractivity contribution >= 4 is 18.0 Å². The van der Waals surface area contributed by atoms with Gasteiger partial charge in [0, 0.05) is 25.1 Å². The molecule has 2 aromatic rings. The Kier molecular flexibility index (Phi) is 8.62. The van der Waals surface area contributed by atoms with Crippen LogP contribution in [0.15, 0.2) is 48.5 Å². The van der Waals surface area contributed by atoms with Gasteiger partial charge in [0.2, 0.25) is 5.91 Å². The molecule has 2 rings (SSSR count). The predicted octanol–water partition coefficient (Wildman–Crippen LogP) is 2.84. The third-order valence-corrected chi connectivity index (χ3v) is 3.84. The Morgan fingerprint density at radius 3 is 2.41 bits per heavy atom. The number of aryl methyl sites for hydroxylation is 1. The first-order valence-electron chi connectivity index (χ1n) is 9.22. The van der Waals surface area contributed by atoms with Gasteiger partial charge in [0.1, 0.15) is 11.6 Å². The Morgan fingerprint density at radius 2 is 1.72 bits per heavy atom. The molecule has 154 valence electrons. The standard InChI is InChI=1S/C21H23FN2O5/c1-2-28-21(27)29-18-9-7-16(8-10-18)20(26)24-13-12-23-19(25)11-6-15-4-3-5-17(22)14-15/h3-5,7-10,14H,2,6,11-13H2,1H3,(H,23,25)(H,24,26). The smallest absolute Gasteiger partial charge is 0.434 e. The van der Waals surface area contributed by atoms with E-state index in [0.29, 0.717) is 12.0 Å². The summed E-state index contributed by atoms with van der Waals surface area (Å²) in [7, 11) is 0. The minimum atomic E-state index is -0.808. The molecule has 0 spiro atoms. The molecule has 0 unspecified atom stereocenters. The van der Waals surface area contributed by atoms with Crippen molar-refractivity contribution in [1.82, 2.24) is 10.6 Å². The molecular formula is C21H23FN2O5. The fourth-order valence-electron chi connectivity index (χ4n) is 2.44. The number of ether oxygens (including phenoxy) is 2. The van der Waals surface area contributed by atoms with Crippen LogP contribution in [0.5, 0.6) is 5.75 Å². The molecule has 8 heteroatoms. The third-order valence-electron chi connectivity index (χ3n) is 3.84. The zero-order valence-electron chi connectivity index (χ0n) is 16.1. The highest BCUT2D eigenvalue weighted by atomic mass is 19.1. The van der Waals surface area contributed by atoms with E-state index in [9.17, 15) is 18.8 Å². The zero-order valence-corrected chi connectivity index (χ0v) is 16.1. The van der Waals surface area contributed by atoms with Crippen molar-refractivity contribution in [2.24, 2.45) is 0 Å². The summed E-state index contributed by atoms with van der Waals surface area (Å²) in [6.45, 7) is 2.41. The second-order valence-corrected chi connectivity index (χ2v) is 6.05. The highest BCUT2D eigenvalue weighted by Crippen LogP contribution is 2.13. The Labute approximate surface area is 168 Å². The van der Waals surface area contributed by atoms with E-state index in [2.05, 4.69) is 15.4 Å². The van der Waals surface area contributed by atoms with Gasteiger partial charge in [-0.2, -0.15) is 0 Å². The van der Waals surface area contributed by atoms with Crippen LogP contribution in [-0.2, 0) is 16.0 Å². The monoisotopic (exact) mass is 402 g/mol. The van der Waals surface area contributed by atoms with E-state index >= 15 is 0 Å². The number of rotatable bonds is 9. The van der Waals surface area contributed by atoms with E-state index in [1.807, 2.05) is 0 Å². The molecule has 0 aliphatic rings. The molecule has 0 radical (unpaired) electrons. The summed E-state index contributed by atoms with van der Waals surface area (Å²) in [5.74, 6) is -0.553. The first-order valence-corrected chi connectivity index (χ1v) is 9.22. The maximum atomic E-state index is 13.1. The van der Waals surface area contributed by atoms with Crippen molar-refractivity contribution in [3.05, 3.63) is 65.5 Å². The molecule has 0 aliphatic carbocycles. The number of amides is 2. The summed E-state index contributed by atoms with van der Waals surface area (Å²) in [5.41, 5.74) is 1.14. The molecular weight excluding hydrogens is 379 g/mol. The van der Waals surface area contributed by atoms with Crippen LogP contribution in [0.4, 0.5) is 9.18 Å². The van der Waals surface area contributed by atoms with Crippen molar-refractivity contribution < 1.29 is 28.2 Å². The molecule has 0 bridgehead atoms. The van der Waals surface area contributed by atoms with Gasteiger partial charge in [0.05, 0.1) is 6.61 Å².